The molecule has 1 saturated heterocycles. The van der Waals surface area contributed by atoms with Crippen molar-refractivity contribution in [3.8, 4) is 5.75 Å². The first-order valence-corrected chi connectivity index (χ1v) is 11.1. The molecule has 2 aromatic carbocycles. The van der Waals surface area contributed by atoms with E-state index in [0.29, 0.717) is 24.6 Å². The van der Waals surface area contributed by atoms with Gasteiger partial charge in [-0.1, -0.05) is 43.7 Å². The van der Waals surface area contributed by atoms with Crippen LogP contribution < -0.4 is 4.74 Å². The fraction of sp³-hybridized carbons (Fsp3) is 0.250. The largest absolute Gasteiger partial charge is 0.489 e. The number of hydrogen-bond acceptors (Lipinski definition) is 4. The highest BCUT2D eigenvalue weighted by atomic mass is 32.2. The Morgan fingerprint density at radius 2 is 1.84 bits per heavy atom. The predicted molar refractivity (Wildman–Crippen MR) is 121 cm³/mol. The Labute approximate surface area is 184 Å². The number of unbranched alkanes of at least 4 members (excludes halogenated alkanes) is 1. The van der Waals surface area contributed by atoms with Crippen LogP contribution in [0.1, 0.15) is 25.3 Å². The van der Waals surface area contributed by atoms with Gasteiger partial charge >= 0.3 is 0 Å². The maximum Gasteiger partial charge on any atom is 0.293 e. The highest BCUT2D eigenvalue weighted by Crippen LogP contribution is 2.34. The number of ether oxygens (including phenoxy) is 1. The second kappa shape index (κ2) is 9.39. The van der Waals surface area contributed by atoms with Crippen molar-refractivity contribution >= 4 is 39.9 Å². The van der Waals surface area contributed by atoms with Crippen molar-refractivity contribution in [3.63, 3.8) is 0 Å². The molecule has 7 heteroatoms. The van der Waals surface area contributed by atoms with E-state index in [9.17, 15) is 14.0 Å². The molecule has 2 heterocycles. The second-order valence-corrected chi connectivity index (χ2v) is 8.25. The Morgan fingerprint density at radius 1 is 1.06 bits per heavy atom. The molecule has 0 N–H and O–H groups in total. The number of imide groups is 1. The molecule has 0 radical (unpaired) electrons. The zero-order valence-corrected chi connectivity index (χ0v) is 18.0. The monoisotopic (exact) mass is 438 g/mol. The number of benzene rings is 2. The Kier molecular flexibility index (Phi) is 6.42. The third-order valence-electron chi connectivity index (χ3n) is 5.14. The molecule has 1 aromatic heterocycles. The van der Waals surface area contributed by atoms with Crippen molar-refractivity contribution in [2.24, 2.45) is 0 Å². The maximum absolute atomic E-state index is 13.8. The first kappa shape index (κ1) is 21.2. The van der Waals surface area contributed by atoms with Crippen molar-refractivity contribution in [1.29, 1.82) is 0 Å². The number of amides is 2. The van der Waals surface area contributed by atoms with E-state index in [4.69, 9.17) is 4.74 Å². The molecule has 1 aliphatic rings. The lowest BCUT2D eigenvalue weighted by Crippen LogP contribution is -2.29. The van der Waals surface area contributed by atoms with E-state index in [1.807, 2.05) is 42.0 Å². The van der Waals surface area contributed by atoms with Crippen LogP contribution in [-0.2, 0) is 11.3 Å². The van der Waals surface area contributed by atoms with Crippen molar-refractivity contribution in [1.82, 2.24) is 9.47 Å². The van der Waals surface area contributed by atoms with E-state index in [2.05, 4.69) is 0 Å². The van der Waals surface area contributed by atoms with Crippen LogP contribution in [0.4, 0.5) is 9.18 Å². The molecule has 2 amide bonds. The number of para-hydroxylation sites is 2. The summed E-state index contributed by atoms with van der Waals surface area (Å²) in [5.41, 5.74) is 1.85. The first-order chi connectivity index (χ1) is 15.1. The molecule has 0 spiro atoms. The molecule has 0 saturated carbocycles. The Morgan fingerprint density at radius 3 is 2.65 bits per heavy atom. The summed E-state index contributed by atoms with van der Waals surface area (Å²) in [6, 6.07) is 14.2. The van der Waals surface area contributed by atoms with Gasteiger partial charge in [0.1, 0.15) is 6.61 Å². The van der Waals surface area contributed by atoms with E-state index in [1.165, 1.54) is 11.0 Å². The Balaban J connectivity index is 1.56. The van der Waals surface area contributed by atoms with Crippen LogP contribution in [0, 0.1) is 5.82 Å². The molecule has 31 heavy (non-hydrogen) atoms. The minimum absolute atomic E-state index is 0.216. The number of carbonyl (C=O) groups excluding carboxylic acids is 2. The SMILES string of the molecule is CCCCN1C(=O)S/C(=C\c2cn(CCOc3ccccc3F)c3ccccc23)C1=O. The summed E-state index contributed by atoms with van der Waals surface area (Å²) in [6.45, 7) is 3.29. The minimum atomic E-state index is -0.389. The quantitative estimate of drug-likeness (QED) is 0.424. The zero-order chi connectivity index (χ0) is 21.8. The van der Waals surface area contributed by atoms with Gasteiger partial charge in [0.25, 0.3) is 11.1 Å². The van der Waals surface area contributed by atoms with Crippen LogP contribution >= 0.6 is 11.8 Å². The smallest absolute Gasteiger partial charge is 0.293 e. The van der Waals surface area contributed by atoms with Crippen LogP contribution in [-0.4, -0.2) is 33.8 Å². The molecule has 160 valence electrons. The summed E-state index contributed by atoms with van der Waals surface area (Å²) in [4.78, 5) is 26.7. The maximum atomic E-state index is 13.8. The van der Waals surface area contributed by atoms with Crippen molar-refractivity contribution in [2.75, 3.05) is 13.2 Å². The molecule has 4 rings (SSSR count). The van der Waals surface area contributed by atoms with Crippen LogP contribution in [0.2, 0.25) is 0 Å². The van der Waals surface area contributed by atoms with E-state index in [1.54, 1.807) is 24.3 Å². The molecule has 0 aliphatic carbocycles. The van der Waals surface area contributed by atoms with Gasteiger partial charge in [0, 0.05) is 29.2 Å². The molecule has 3 aromatic rings. The van der Waals surface area contributed by atoms with Crippen LogP contribution in [0.3, 0.4) is 0 Å². The summed E-state index contributed by atoms with van der Waals surface area (Å²) in [6.07, 6.45) is 5.44. The lowest BCUT2D eigenvalue weighted by atomic mass is 10.1. The molecule has 1 aliphatic heterocycles. The van der Waals surface area contributed by atoms with Crippen molar-refractivity contribution < 1.29 is 18.7 Å². The average molecular weight is 439 g/mol. The number of halogens is 1. The molecule has 5 nitrogen and oxygen atoms in total. The van der Waals surface area contributed by atoms with E-state index < -0.39 is 0 Å². The summed E-state index contributed by atoms with van der Waals surface area (Å²) in [5, 5.41) is 0.764. The molecular weight excluding hydrogens is 415 g/mol. The van der Waals surface area contributed by atoms with Gasteiger partial charge in [-0.05, 0) is 42.5 Å². The lowest BCUT2D eigenvalue weighted by molar-refractivity contribution is -0.122. The third kappa shape index (κ3) is 4.51. The second-order valence-electron chi connectivity index (χ2n) is 7.26. The Hall–Kier alpha value is -3.06. The lowest BCUT2D eigenvalue weighted by Gasteiger charge is -2.10. The van der Waals surface area contributed by atoms with E-state index in [0.717, 1.165) is 41.1 Å². The first-order valence-electron chi connectivity index (χ1n) is 10.3. The van der Waals surface area contributed by atoms with Gasteiger partial charge in [0.2, 0.25) is 0 Å². The van der Waals surface area contributed by atoms with Crippen LogP contribution in [0.25, 0.3) is 17.0 Å². The molecular formula is C24H23FN2O3S. The van der Waals surface area contributed by atoms with Gasteiger partial charge < -0.3 is 9.30 Å². The topological polar surface area (TPSA) is 51.5 Å². The molecule has 1 fully saturated rings. The molecule has 0 unspecified atom stereocenters. The number of hydrogen-bond donors (Lipinski definition) is 0. The third-order valence-corrected chi connectivity index (χ3v) is 6.05. The van der Waals surface area contributed by atoms with Gasteiger partial charge in [0.05, 0.1) is 11.4 Å². The number of thioether (sulfide) groups is 1. The van der Waals surface area contributed by atoms with Crippen LogP contribution in [0.5, 0.6) is 5.75 Å². The molecule has 0 atom stereocenters. The van der Waals surface area contributed by atoms with Gasteiger partial charge in [-0.15, -0.1) is 0 Å². The fourth-order valence-corrected chi connectivity index (χ4v) is 4.40. The Bertz CT molecular complexity index is 1150. The number of fused-ring (bicyclic) bond motifs is 1. The summed E-state index contributed by atoms with van der Waals surface area (Å²) in [7, 11) is 0. The average Bonchev–Trinajstić information content (AvgIpc) is 3.25. The van der Waals surface area contributed by atoms with Gasteiger partial charge in [0.15, 0.2) is 11.6 Å². The number of rotatable bonds is 8. The van der Waals surface area contributed by atoms with Gasteiger partial charge in [-0.3, -0.25) is 14.5 Å². The van der Waals surface area contributed by atoms with Crippen molar-refractivity contribution in [2.45, 2.75) is 26.3 Å². The summed E-state index contributed by atoms with van der Waals surface area (Å²) in [5.74, 6) is -0.401. The normalized spacial score (nSPS) is 15.4. The number of aromatic nitrogens is 1. The number of nitrogens with zero attached hydrogens (tertiary/aromatic N) is 2. The van der Waals surface area contributed by atoms with E-state index in [-0.39, 0.29) is 22.7 Å². The number of carbonyl (C=O) groups is 2. The van der Waals surface area contributed by atoms with Gasteiger partial charge in [-0.25, -0.2) is 4.39 Å². The standard InChI is InChI=1S/C24H23FN2O3S/c1-2-3-12-27-23(28)22(31-24(27)29)15-17-16-26(20-10-6-4-8-18(17)20)13-14-30-21-11-7-5-9-19(21)25/h4-11,15-16H,2-3,12-14H2,1H3/b22-15-. The van der Waals surface area contributed by atoms with Crippen LogP contribution in [0.15, 0.2) is 59.6 Å². The zero-order valence-electron chi connectivity index (χ0n) is 17.2. The summed E-state index contributed by atoms with van der Waals surface area (Å²) >= 11 is 0.985. The summed E-state index contributed by atoms with van der Waals surface area (Å²) < 4.78 is 21.4. The highest BCUT2D eigenvalue weighted by Gasteiger charge is 2.34. The van der Waals surface area contributed by atoms with Crippen molar-refractivity contribution in [3.05, 3.63) is 71.0 Å². The predicted octanol–water partition coefficient (Wildman–Crippen LogP) is 5.70. The fourth-order valence-electron chi connectivity index (χ4n) is 3.54. The van der Waals surface area contributed by atoms with Gasteiger partial charge in [-0.2, -0.15) is 0 Å². The molecule has 0 bridgehead atoms. The highest BCUT2D eigenvalue weighted by molar-refractivity contribution is 8.18. The van der Waals surface area contributed by atoms with E-state index >= 15 is 0 Å². The minimum Gasteiger partial charge on any atom is -0.489 e.